The molecule has 6 heteroatoms. The van der Waals surface area contributed by atoms with Gasteiger partial charge < -0.3 is 5.32 Å². The first kappa shape index (κ1) is 13.5. The van der Waals surface area contributed by atoms with Crippen LogP contribution in [0, 0.1) is 11.3 Å². The molecule has 0 aliphatic carbocycles. The Labute approximate surface area is 115 Å². The molecule has 0 bridgehead atoms. The molecule has 0 atom stereocenters. The van der Waals surface area contributed by atoms with Crippen LogP contribution in [0.3, 0.4) is 0 Å². The van der Waals surface area contributed by atoms with E-state index in [4.69, 9.17) is 5.26 Å². The molecule has 0 radical (unpaired) electrons. The second kappa shape index (κ2) is 5.80. The van der Waals surface area contributed by atoms with Crippen LogP contribution in [0.4, 0.5) is 0 Å². The molecule has 2 aromatic rings. The zero-order valence-corrected chi connectivity index (χ0v) is 10.8. The summed E-state index contributed by atoms with van der Waals surface area (Å²) in [6, 6.07) is 11.7. The van der Waals surface area contributed by atoms with Gasteiger partial charge in [0, 0.05) is 19.7 Å². The number of amides is 1. The monoisotopic (exact) mass is 268 g/mol. The lowest BCUT2D eigenvalue weighted by Gasteiger charge is -2.05. The minimum atomic E-state index is -0.372. The molecule has 0 saturated carbocycles. The molecule has 6 nitrogen and oxygen atoms in total. The molecule has 0 spiro atoms. The van der Waals surface area contributed by atoms with Crippen molar-refractivity contribution < 1.29 is 4.79 Å². The number of hydrogen-bond donors (Lipinski definition) is 1. The largest absolute Gasteiger partial charge is 0.347 e. The van der Waals surface area contributed by atoms with E-state index in [0.29, 0.717) is 12.1 Å². The van der Waals surface area contributed by atoms with Crippen molar-refractivity contribution >= 4 is 5.91 Å². The van der Waals surface area contributed by atoms with E-state index < -0.39 is 0 Å². The number of nitriles is 1. The van der Waals surface area contributed by atoms with Crippen molar-refractivity contribution in [3.8, 4) is 6.07 Å². The molecule has 0 fully saturated rings. The van der Waals surface area contributed by atoms with Gasteiger partial charge in [-0.15, -0.1) is 0 Å². The topological polar surface area (TPSA) is 87.8 Å². The van der Waals surface area contributed by atoms with E-state index in [-0.39, 0.29) is 17.2 Å². The number of aromatic nitrogens is 2. The number of hydrogen-bond acceptors (Lipinski definition) is 4. The van der Waals surface area contributed by atoms with Crippen molar-refractivity contribution in [3.63, 3.8) is 0 Å². The Kier molecular flexibility index (Phi) is 3.91. The maximum Gasteiger partial charge on any atom is 0.271 e. The van der Waals surface area contributed by atoms with Gasteiger partial charge in [0.05, 0.1) is 11.6 Å². The zero-order valence-electron chi connectivity index (χ0n) is 10.8. The zero-order chi connectivity index (χ0) is 14.5. The number of carbonyl (C=O) groups excluding carboxylic acids is 1. The average Bonchev–Trinajstić information content (AvgIpc) is 2.47. The fourth-order valence-electron chi connectivity index (χ4n) is 1.65. The molecule has 0 unspecified atom stereocenters. The van der Waals surface area contributed by atoms with Gasteiger partial charge in [0.1, 0.15) is 5.69 Å². The van der Waals surface area contributed by atoms with Crippen LogP contribution in [0.15, 0.2) is 41.2 Å². The molecule has 0 saturated heterocycles. The Morgan fingerprint density at radius 3 is 2.90 bits per heavy atom. The summed E-state index contributed by atoms with van der Waals surface area (Å²) in [7, 11) is 1.48. The lowest BCUT2D eigenvalue weighted by atomic mass is 10.1. The summed E-state index contributed by atoms with van der Waals surface area (Å²) in [6.45, 7) is 0.291. The van der Waals surface area contributed by atoms with Crippen LogP contribution in [0.5, 0.6) is 0 Å². The van der Waals surface area contributed by atoms with Gasteiger partial charge >= 0.3 is 0 Å². The van der Waals surface area contributed by atoms with Crippen LogP contribution < -0.4 is 10.9 Å². The van der Waals surface area contributed by atoms with Crippen molar-refractivity contribution in [1.82, 2.24) is 15.1 Å². The molecule has 0 aliphatic rings. The average molecular weight is 268 g/mol. The van der Waals surface area contributed by atoms with Crippen LogP contribution in [0.1, 0.15) is 21.6 Å². The van der Waals surface area contributed by atoms with Crippen LogP contribution in [-0.4, -0.2) is 15.7 Å². The van der Waals surface area contributed by atoms with Crippen molar-refractivity contribution in [3.05, 3.63) is 63.6 Å². The maximum atomic E-state index is 11.9. The standard InChI is InChI=1S/C14H12N4O2/c1-18-13(19)6-5-12(17-18)14(20)16-9-11-4-2-3-10(7-11)8-15/h2-7H,9H2,1H3,(H,16,20). The summed E-state index contributed by atoms with van der Waals surface area (Å²) in [5.74, 6) is -0.372. The summed E-state index contributed by atoms with van der Waals surface area (Å²) in [5.41, 5.74) is 1.26. The van der Waals surface area contributed by atoms with E-state index >= 15 is 0 Å². The van der Waals surface area contributed by atoms with Crippen molar-refractivity contribution in [2.75, 3.05) is 0 Å². The van der Waals surface area contributed by atoms with E-state index in [1.54, 1.807) is 18.2 Å². The molecule has 1 amide bonds. The summed E-state index contributed by atoms with van der Waals surface area (Å²) in [5, 5.41) is 15.3. The van der Waals surface area contributed by atoms with Crippen LogP contribution >= 0.6 is 0 Å². The van der Waals surface area contributed by atoms with Crippen LogP contribution in [0.2, 0.25) is 0 Å². The smallest absolute Gasteiger partial charge is 0.271 e. The lowest BCUT2D eigenvalue weighted by molar-refractivity contribution is 0.0943. The molecule has 100 valence electrons. The molecule has 1 aromatic carbocycles. The van der Waals surface area contributed by atoms with E-state index in [1.165, 1.54) is 19.2 Å². The molecular weight excluding hydrogens is 256 g/mol. The Bertz CT molecular complexity index is 743. The Hall–Kier alpha value is -2.94. The summed E-state index contributed by atoms with van der Waals surface area (Å²) in [4.78, 5) is 23.1. The summed E-state index contributed by atoms with van der Waals surface area (Å²) >= 11 is 0. The number of aryl methyl sites for hydroxylation is 1. The van der Waals surface area contributed by atoms with Gasteiger partial charge in [0.2, 0.25) is 0 Å². The van der Waals surface area contributed by atoms with Crippen molar-refractivity contribution in [2.24, 2.45) is 7.05 Å². The highest BCUT2D eigenvalue weighted by Crippen LogP contribution is 2.04. The SMILES string of the molecule is Cn1nc(C(=O)NCc2cccc(C#N)c2)ccc1=O. The Balaban J connectivity index is 2.06. The van der Waals surface area contributed by atoms with Gasteiger partial charge in [-0.05, 0) is 23.8 Å². The Morgan fingerprint density at radius 1 is 1.40 bits per heavy atom. The lowest BCUT2D eigenvalue weighted by Crippen LogP contribution is -2.28. The van der Waals surface area contributed by atoms with Gasteiger partial charge in [-0.2, -0.15) is 10.4 Å². The quantitative estimate of drug-likeness (QED) is 0.882. The second-order valence-electron chi connectivity index (χ2n) is 4.18. The molecule has 0 aliphatic heterocycles. The van der Waals surface area contributed by atoms with E-state index in [9.17, 15) is 9.59 Å². The first-order chi connectivity index (χ1) is 9.60. The van der Waals surface area contributed by atoms with Gasteiger partial charge in [-0.25, -0.2) is 4.68 Å². The van der Waals surface area contributed by atoms with E-state index in [1.807, 2.05) is 12.1 Å². The first-order valence-electron chi connectivity index (χ1n) is 5.92. The van der Waals surface area contributed by atoms with Crippen molar-refractivity contribution in [2.45, 2.75) is 6.54 Å². The first-order valence-corrected chi connectivity index (χ1v) is 5.92. The third-order valence-electron chi connectivity index (χ3n) is 2.70. The predicted octanol–water partition coefficient (Wildman–Crippen LogP) is 0.582. The van der Waals surface area contributed by atoms with Gasteiger partial charge in [-0.1, -0.05) is 12.1 Å². The maximum absolute atomic E-state index is 11.9. The number of benzene rings is 1. The Morgan fingerprint density at radius 2 is 2.20 bits per heavy atom. The highest BCUT2D eigenvalue weighted by Gasteiger charge is 2.08. The summed E-state index contributed by atoms with van der Waals surface area (Å²) < 4.78 is 1.10. The van der Waals surface area contributed by atoms with E-state index in [0.717, 1.165) is 10.2 Å². The third-order valence-corrected chi connectivity index (χ3v) is 2.70. The fraction of sp³-hybridized carbons (Fsp3) is 0.143. The molecule has 2 rings (SSSR count). The molecule has 20 heavy (non-hydrogen) atoms. The number of carbonyl (C=O) groups is 1. The number of nitrogens with zero attached hydrogens (tertiary/aromatic N) is 3. The molecule has 1 N–H and O–H groups in total. The highest BCUT2D eigenvalue weighted by atomic mass is 16.2. The number of nitrogens with one attached hydrogen (secondary N) is 1. The molecular formula is C14H12N4O2. The van der Waals surface area contributed by atoms with Gasteiger partial charge in [0.15, 0.2) is 0 Å². The predicted molar refractivity (Wildman–Crippen MR) is 71.8 cm³/mol. The van der Waals surface area contributed by atoms with E-state index in [2.05, 4.69) is 10.4 Å². The highest BCUT2D eigenvalue weighted by molar-refractivity contribution is 5.91. The minimum Gasteiger partial charge on any atom is -0.347 e. The van der Waals surface area contributed by atoms with Crippen LogP contribution in [-0.2, 0) is 13.6 Å². The normalized spacial score (nSPS) is 9.80. The minimum absolute atomic E-state index is 0.170. The summed E-state index contributed by atoms with van der Waals surface area (Å²) in [6.07, 6.45) is 0. The van der Waals surface area contributed by atoms with Crippen LogP contribution in [0.25, 0.3) is 0 Å². The van der Waals surface area contributed by atoms with Crippen molar-refractivity contribution in [1.29, 1.82) is 5.26 Å². The third kappa shape index (κ3) is 3.09. The number of rotatable bonds is 3. The van der Waals surface area contributed by atoms with Gasteiger partial charge in [-0.3, -0.25) is 9.59 Å². The molecule has 1 heterocycles. The molecule has 1 aromatic heterocycles. The second-order valence-corrected chi connectivity index (χ2v) is 4.18. The van der Waals surface area contributed by atoms with Gasteiger partial charge in [0.25, 0.3) is 11.5 Å². The fourth-order valence-corrected chi connectivity index (χ4v) is 1.65.